The number of hydrogen-bond donors (Lipinski definition) is 1. The van der Waals surface area contributed by atoms with Crippen LogP contribution in [0.2, 0.25) is 0 Å². The second kappa shape index (κ2) is 9.07. The lowest BCUT2D eigenvalue weighted by Crippen LogP contribution is -2.68. The van der Waals surface area contributed by atoms with E-state index in [4.69, 9.17) is 24.7 Å². The van der Waals surface area contributed by atoms with Crippen LogP contribution in [0.15, 0.2) is 41.6 Å². The summed E-state index contributed by atoms with van der Waals surface area (Å²) < 4.78 is 22.4. The highest BCUT2D eigenvalue weighted by molar-refractivity contribution is 8.00. The Hall–Kier alpha value is -1.91. The number of esters is 1. The standard InChI is InChI=1S/C21H26N2O6S/c1-26-10-13-8-9-15(28-13)14-11-30-19-16(22)18(24)23(19)17(14)20(25)29-21(27-2)12-6-4-3-5-7-12/h3-7,13,15-16,19,21H,8-11,22H2,1-2H3/t13-,15+,16+,19+,21?/m0/s1. The summed E-state index contributed by atoms with van der Waals surface area (Å²) in [7, 11) is 3.11. The van der Waals surface area contributed by atoms with Gasteiger partial charge < -0.3 is 24.7 Å². The number of rotatable bonds is 7. The summed E-state index contributed by atoms with van der Waals surface area (Å²) in [5.74, 6) is -0.332. The van der Waals surface area contributed by atoms with Crippen LogP contribution in [0.3, 0.4) is 0 Å². The van der Waals surface area contributed by atoms with Crippen LogP contribution in [0.25, 0.3) is 0 Å². The van der Waals surface area contributed by atoms with Crippen molar-refractivity contribution in [2.75, 3.05) is 26.6 Å². The quantitative estimate of drug-likeness (QED) is 0.392. The molecule has 0 bridgehead atoms. The lowest BCUT2D eigenvalue weighted by atomic mass is 9.99. The van der Waals surface area contributed by atoms with Gasteiger partial charge in [-0.15, -0.1) is 11.8 Å². The predicted octanol–water partition coefficient (Wildman–Crippen LogP) is 1.57. The van der Waals surface area contributed by atoms with E-state index in [1.807, 2.05) is 30.3 Å². The van der Waals surface area contributed by atoms with Gasteiger partial charge in [0.15, 0.2) is 0 Å². The number of benzene rings is 1. The van der Waals surface area contributed by atoms with Crippen molar-refractivity contribution in [3.8, 4) is 0 Å². The summed E-state index contributed by atoms with van der Waals surface area (Å²) in [6.45, 7) is 0.493. The first-order chi connectivity index (χ1) is 14.5. The highest BCUT2D eigenvalue weighted by Gasteiger charge is 2.53. The molecule has 2 fully saturated rings. The number of nitrogens with zero attached hydrogens (tertiary/aromatic N) is 1. The van der Waals surface area contributed by atoms with Crippen LogP contribution in [0.5, 0.6) is 0 Å². The first-order valence-electron chi connectivity index (χ1n) is 9.91. The summed E-state index contributed by atoms with van der Waals surface area (Å²) in [6.07, 6.45) is 0.417. The third-order valence-electron chi connectivity index (χ3n) is 5.58. The molecule has 1 unspecified atom stereocenters. The van der Waals surface area contributed by atoms with Crippen LogP contribution in [-0.4, -0.2) is 67.0 Å². The van der Waals surface area contributed by atoms with Gasteiger partial charge in [-0.05, 0) is 18.4 Å². The highest BCUT2D eigenvalue weighted by atomic mass is 32.2. The number of methoxy groups -OCH3 is 2. The molecule has 4 rings (SSSR count). The second-order valence-corrected chi connectivity index (χ2v) is 8.58. The normalized spacial score (nSPS) is 29.4. The van der Waals surface area contributed by atoms with Crippen LogP contribution in [0.4, 0.5) is 0 Å². The molecule has 2 N–H and O–H groups in total. The van der Waals surface area contributed by atoms with Gasteiger partial charge in [0.2, 0.25) is 12.2 Å². The molecule has 3 aliphatic rings. The van der Waals surface area contributed by atoms with Gasteiger partial charge in [-0.2, -0.15) is 0 Å². The molecule has 1 aromatic carbocycles. The fourth-order valence-corrected chi connectivity index (χ4v) is 5.42. The van der Waals surface area contributed by atoms with E-state index in [0.29, 0.717) is 17.9 Å². The molecular weight excluding hydrogens is 408 g/mol. The first-order valence-corrected chi connectivity index (χ1v) is 11.0. The predicted molar refractivity (Wildman–Crippen MR) is 110 cm³/mol. The Bertz CT molecular complexity index is 832. The third-order valence-corrected chi connectivity index (χ3v) is 6.90. The molecule has 0 spiro atoms. The number of ether oxygens (including phenoxy) is 4. The molecule has 162 valence electrons. The summed E-state index contributed by atoms with van der Waals surface area (Å²) in [6, 6.07) is 8.57. The Morgan fingerprint density at radius 1 is 1.30 bits per heavy atom. The van der Waals surface area contributed by atoms with Crippen LogP contribution < -0.4 is 5.73 Å². The van der Waals surface area contributed by atoms with Crippen molar-refractivity contribution in [1.29, 1.82) is 0 Å². The van der Waals surface area contributed by atoms with E-state index in [1.165, 1.54) is 12.0 Å². The minimum Gasteiger partial charge on any atom is -0.427 e. The summed E-state index contributed by atoms with van der Waals surface area (Å²) >= 11 is 1.55. The van der Waals surface area contributed by atoms with E-state index in [1.54, 1.807) is 18.9 Å². The molecule has 0 saturated carbocycles. The maximum Gasteiger partial charge on any atom is 0.357 e. The fraction of sp³-hybridized carbons (Fsp3) is 0.524. The number of fused-ring (bicyclic) bond motifs is 1. The average Bonchev–Trinajstić information content (AvgIpc) is 3.25. The number of hydrogen-bond acceptors (Lipinski definition) is 8. The Labute approximate surface area is 179 Å². The topological polar surface area (TPSA) is 100 Å². The summed E-state index contributed by atoms with van der Waals surface area (Å²) in [5.41, 5.74) is 7.68. The molecule has 0 aromatic heterocycles. The van der Waals surface area contributed by atoms with E-state index < -0.39 is 18.3 Å². The van der Waals surface area contributed by atoms with Crippen molar-refractivity contribution in [2.45, 2.75) is 42.8 Å². The molecule has 3 aliphatic heterocycles. The van der Waals surface area contributed by atoms with Crippen molar-refractivity contribution in [3.63, 3.8) is 0 Å². The SMILES string of the molecule is COC[C@@H]1CC[C@H](C2=C(C(=O)OC(OC)c3ccccc3)N3C(=O)[C@@H](N)[C@H]3SC2)O1. The van der Waals surface area contributed by atoms with Crippen molar-refractivity contribution in [1.82, 2.24) is 4.90 Å². The number of carbonyl (C=O) groups is 2. The molecule has 0 aliphatic carbocycles. The van der Waals surface area contributed by atoms with Gasteiger partial charge in [0.05, 0.1) is 18.8 Å². The molecular formula is C21H26N2O6S. The monoisotopic (exact) mass is 434 g/mol. The van der Waals surface area contributed by atoms with E-state index in [2.05, 4.69) is 0 Å². The summed E-state index contributed by atoms with van der Waals surface area (Å²) in [4.78, 5) is 27.2. The van der Waals surface area contributed by atoms with Gasteiger partial charge in [0, 0.05) is 25.5 Å². The highest BCUT2D eigenvalue weighted by Crippen LogP contribution is 2.43. The largest absolute Gasteiger partial charge is 0.427 e. The lowest BCUT2D eigenvalue weighted by Gasteiger charge is -2.49. The zero-order valence-electron chi connectivity index (χ0n) is 17.0. The number of amides is 1. The van der Waals surface area contributed by atoms with Crippen molar-refractivity contribution in [3.05, 3.63) is 47.2 Å². The van der Waals surface area contributed by atoms with Crippen molar-refractivity contribution >= 4 is 23.6 Å². The molecule has 3 heterocycles. The number of thioether (sulfide) groups is 1. The minimum absolute atomic E-state index is 0.0297. The molecule has 1 aromatic rings. The van der Waals surface area contributed by atoms with Crippen LogP contribution in [-0.2, 0) is 28.5 Å². The van der Waals surface area contributed by atoms with E-state index in [0.717, 1.165) is 18.4 Å². The maximum absolute atomic E-state index is 13.3. The van der Waals surface area contributed by atoms with Crippen molar-refractivity contribution in [2.24, 2.45) is 5.73 Å². The van der Waals surface area contributed by atoms with Crippen LogP contribution in [0.1, 0.15) is 24.7 Å². The van der Waals surface area contributed by atoms with Crippen LogP contribution in [0, 0.1) is 0 Å². The molecule has 8 nitrogen and oxygen atoms in total. The van der Waals surface area contributed by atoms with Gasteiger partial charge in [0.25, 0.3) is 0 Å². The number of β-lactam (4-membered cyclic amide) rings is 1. The maximum atomic E-state index is 13.3. The van der Waals surface area contributed by atoms with E-state index >= 15 is 0 Å². The molecule has 1 amide bonds. The van der Waals surface area contributed by atoms with Gasteiger partial charge in [-0.1, -0.05) is 30.3 Å². The Balaban J connectivity index is 1.61. The molecule has 0 radical (unpaired) electrons. The first kappa shape index (κ1) is 21.3. The number of nitrogens with two attached hydrogens (primary N) is 1. The lowest BCUT2D eigenvalue weighted by molar-refractivity contribution is -0.175. The zero-order valence-corrected chi connectivity index (χ0v) is 17.8. The molecule has 30 heavy (non-hydrogen) atoms. The van der Waals surface area contributed by atoms with E-state index in [-0.39, 0.29) is 29.2 Å². The number of carbonyl (C=O) groups excluding carboxylic acids is 2. The average molecular weight is 435 g/mol. The van der Waals surface area contributed by atoms with Crippen LogP contribution >= 0.6 is 11.8 Å². The third kappa shape index (κ3) is 3.88. The summed E-state index contributed by atoms with van der Waals surface area (Å²) in [5, 5.41) is -0.266. The van der Waals surface area contributed by atoms with Gasteiger partial charge in [0.1, 0.15) is 17.1 Å². The van der Waals surface area contributed by atoms with Gasteiger partial charge >= 0.3 is 5.97 Å². The second-order valence-electron chi connectivity index (χ2n) is 7.47. The zero-order chi connectivity index (χ0) is 21.3. The minimum atomic E-state index is -0.878. The smallest absolute Gasteiger partial charge is 0.357 e. The Kier molecular flexibility index (Phi) is 6.45. The van der Waals surface area contributed by atoms with Gasteiger partial charge in [-0.3, -0.25) is 9.69 Å². The fourth-order valence-electron chi connectivity index (χ4n) is 4.06. The Morgan fingerprint density at radius 2 is 2.07 bits per heavy atom. The molecule has 5 atom stereocenters. The van der Waals surface area contributed by atoms with E-state index in [9.17, 15) is 9.59 Å². The molecule has 2 saturated heterocycles. The molecule has 9 heteroatoms. The Morgan fingerprint density at radius 3 is 2.77 bits per heavy atom. The van der Waals surface area contributed by atoms with Crippen molar-refractivity contribution < 1.29 is 28.5 Å². The van der Waals surface area contributed by atoms with Gasteiger partial charge in [-0.25, -0.2) is 4.79 Å².